The van der Waals surface area contributed by atoms with Gasteiger partial charge in [-0.1, -0.05) is 38.1 Å². The molecule has 102 valence electrons. The molecule has 0 aliphatic rings. The van der Waals surface area contributed by atoms with Crippen LogP contribution in [-0.4, -0.2) is 9.55 Å². The zero-order valence-electron chi connectivity index (χ0n) is 12.0. The van der Waals surface area contributed by atoms with Gasteiger partial charge in [0.05, 0.1) is 11.0 Å². The number of nitrogens with zero attached hydrogens (tertiary/aromatic N) is 1. The lowest BCUT2D eigenvalue weighted by atomic mass is 10.0. The van der Waals surface area contributed by atoms with E-state index in [4.69, 9.17) is 12.2 Å². The van der Waals surface area contributed by atoms with Crippen molar-refractivity contribution in [1.29, 1.82) is 0 Å². The molecule has 0 aliphatic carbocycles. The number of hydrogen-bond donors (Lipinski definition) is 1. The van der Waals surface area contributed by atoms with Gasteiger partial charge in [0.25, 0.3) is 0 Å². The molecule has 3 heteroatoms. The van der Waals surface area contributed by atoms with Crippen LogP contribution < -0.4 is 0 Å². The van der Waals surface area contributed by atoms with Crippen LogP contribution in [0.2, 0.25) is 0 Å². The first-order valence-electron chi connectivity index (χ1n) is 6.88. The van der Waals surface area contributed by atoms with Gasteiger partial charge < -0.3 is 4.98 Å². The van der Waals surface area contributed by atoms with Crippen molar-refractivity contribution in [1.82, 2.24) is 9.55 Å². The highest BCUT2D eigenvalue weighted by atomic mass is 32.1. The summed E-state index contributed by atoms with van der Waals surface area (Å²) in [6.45, 7) is 6.51. The molecule has 1 heterocycles. The Morgan fingerprint density at radius 2 is 1.75 bits per heavy atom. The van der Waals surface area contributed by atoms with E-state index in [0.717, 1.165) is 21.5 Å². The maximum absolute atomic E-state index is 5.49. The summed E-state index contributed by atoms with van der Waals surface area (Å²) in [4.78, 5) is 3.31. The molecule has 2 aromatic carbocycles. The van der Waals surface area contributed by atoms with Crippen LogP contribution in [0.5, 0.6) is 0 Å². The Balaban J connectivity index is 2.22. The zero-order valence-corrected chi connectivity index (χ0v) is 12.8. The fraction of sp³-hybridized carbons (Fsp3) is 0.235. The molecule has 2 nitrogen and oxygen atoms in total. The van der Waals surface area contributed by atoms with Gasteiger partial charge in [-0.3, -0.25) is 4.57 Å². The number of fused-ring (bicyclic) bond motifs is 1. The van der Waals surface area contributed by atoms with Crippen molar-refractivity contribution in [3.63, 3.8) is 0 Å². The minimum atomic E-state index is 0.544. The number of rotatable bonds is 2. The third kappa shape index (κ3) is 2.08. The molecule has 0 atom stereocenters. The topological polar surface area (TPSA) is 20.7 Å². The van der Waals surface area contributed by atoms with Crippen molar-refractivity contribution in [3.8, 4) is 5.69 Å². The van der Waals surface area contributed by atoms with Crippen molar-refractivity contribution in [2.75, 3.05) is 0 Å². The van der Waals surface area contributed by atoms with Crippen LogP contribution in [0.1, 0.15) is 30.9 Å². The largest absolute Gasteiger partial charge is 0.330 e. The molecule has 0 amide bonds. The molecular formula is C17H18N2S. The van der Waals surface area contributed by atoms with Crippen molar-refractivity contribution in [3.05, 3.63) is 58.4 Å². The second-order valence-corrected chi connectivity index (χ2v) is 5.87. The smallest absolute Gasteiger partial charge is 0.182 e. The second kappa shape index (κ2) is 4.91. The Kier molecular flexibility index (Phi) is 3.22. The fourth-order valence-electron chi connectivity index (χ4n) is 2.54. The van der Waals surface area contributed by atoms with Gasteiger partial charge >= 0.3 is 0 Å². The van der Waals surface area contributed by atoms with Crippen molar-refractivity contribution in [2.45, 2.75) is 26.7 Å². The summed E-state index contributed by atoms with van der Waals surface area (Å²) >= 11 is 5.49. The van der Waals surface area contributed by atoms with Crippen molar-refractivity contribution < 1.29 is 0 Å². The van der Waals surface area contributed by atoms with E-state index in [9.17, 15) is 0 Å². The van der Waals surface area contributed by atoms with Gasteiger partial charge in [0, 0.05) is 5.69 Å². The van der Waals surface area contributed by atoms with Gasteiger partial charge in [-0.25, -0.2) is 0 Å². The third-order valence-electron chi connectivity index (χ3n) is 3.74. The maximum atomic E-state index is 5.49. The van der Waals surface area contributed by atoms with E-state index >= 15 is 0 Å². The van der Waals surface area contributed by atoms with Crippen molar-refractivity contribution in [2.24, 2.45) is 0 Å². The number of hydrogen-bond acceptors (Lipinski definition) is 1. The minimum Gasteiger partial charge on any atom is -0.330 e. The van der Waals surface area contributed by atoms with Gasteiger partial charge in [-0.2, -0.15) is 0 Å². The third-order valence-corrected chi connectivity index (χ3v) is 4.03. The standard InChI is InChI=1S/C17H18N2S/c1-11(2)13-7-9-14(10-8-13)19-15-6-4-5-12(3)16(15)18-17(19)20/h4-11H,1-3H3,(H,18,20). The molecule has 0 aliphatic heterocycles. The first kappa shape index (κ1) is 13.1. The molecule has 3 aromatic rings. The number of para-hydroxylation sites is 1. The molecule has 1 aromatic heterocycles. The number of aromatic nitrogens is 2. The highest BCUT2D eigenvalue weighted by Crippen LogP contribution is 2.23. The molecule has 1 N–H and O–H groups in total. The summed E-state index contributed by atoms with van der Waals surface area (Å²) in [5.74, 6) is 0.544. The number of aryl methyl sites for hydroxylation is 1. The summed E-state index contributed by atoms with van der Waals surface area (Å²) in [5, 5.41) is 0. The zero-order chi connectivity index (χ0) is 14.3. The molecule has 20 heavy (non-hydrogen) atoms. The van der Waals surface area contributed by atoms with Crippen LogP contribution in [0.15, 0.2) is 42.5 Å². The molecule has 0 unspecified atom stereocenters. The number of benzene rings is 2. The summed E-state index contributed by atoms with van der Waals surface area (Å²) in [5.41, 5.74) is 5.91. The fourth-order valence-corrected chi connectivity index (χ4v) is 2.84. The lowest BCUT2D eigenvalue weighted by Crippen LogP contribution is -1.95. The van der Waals surface area contributed by atoms with E-state index in [1.165, 1.54) is 11.1 Å². The summed E-state index contributed by atoms with van der Waals surface area (Å²) < 4.78 is 2.84. The number of H-pyrrole nitrogens is 1. The van der Waals surface area contributed by atoms with Crippen molar-refractivity contribution >= 4 is 23.3 Å². The SMILES string of the molecule is Cc1cccc2c1[nH]c(=S)n2-c1ccc(C(C)C)cc1. The Labute approximate surface area is 124 Å². The quantitative estimate of drug-likeness (QED) is 0.647. The molecule has 0 saturated carbocycles. The van der Waals surface area contributed by atoms with E-state index in [1.807, 2.05) is 0 Å². The Bertz CT molecular complexity index is 807. The number of aromatic amines is 1. The molecular weight excluding hydrogens is 264 g/mol. The monoisotopic (exact) mass is 282 g/mol. The molecule has 0 fully saturated rings. The van der Waals surface area contributed by atoms with E-state index in [1.54, 1.807) is 0 Å². The van der Waals surface area contributed by atoms with Gasteiger partial charge in [0.2, 0.25) is 0 Å². The van der Waals surface area contributed by atoms with Crippen LogP contribution in [0.3, 0.4) is 0 Å². The van der Waals surface area contributed by atoms with Crippen LogP contribution in [0.25, 0.3) is 16.7 Å². The van der Waals surface area contributed by atoms with Crippen LogP contribution >= 0.6 is 12.2 Å². The summed E-state index contributed by atoms with van der Waals surface area (Å²) in [7, 11) is 0. The lowest BCUT2D eigenvalue weighted by molar-refractivity contribution is 0.865. The van der Waals surface area contributed by atoms with Gasteiger partial charge in [0.15, 0.2) is 4.77 Å². The maximum Gasteiger partial charge on any atom is 0.182 e. The van der Waals surface area contributed by atoms with Gasteiger partial charge in [0.1, 0.15) is 0 Å². The molecule has 0 radical (unpaired) electrons. The Hall–Kier alpha value is -1.87. The summed E-state index contributed by atoms with van der Waals surface area (Å²) in [6, 6.07) is 14.9. The minimum absolute atomic E-state index is 0.544. The van der Waals surface area contributed by atoms with Crippen LogP contribution in [0, 0.1) is 11.7 Å². The Morgan fingerprint density at radius 1 is 1.05 bits per heavy atom. The molecule has 0 saturated heterocycles. The first-order chi connectivity index (χ1) is 9.58. The van der Waals surface area contributed by atoms with E-state index in [2.05, 4.69) is 72.8 Å². The predicted molar refractivity (Wildman–Crippen MR) is 87.3 cm³/mol. The highest BCUT2D eigenvalue weighted by molar-refractivity contribution is 7.71. The number of imidazole rings is 1. The first-order valence-corrected chi connectivity index (χ1v) is 7.29. The van der Waals surface area contributed by atoms with Crippen LogP contribution in [-0.2, 0) is 0 Å². The lowest BCUT2D eigenvalue weighted by Gasteiger charge is -2.08. The predicted octanol–water partition coefficient (Wildman–Crippen LogP) is 5.12. The molecule has 0 spiro atoms. The molecule has 3 rings (SSSR count). The second-order valence-electron chi connectivity index (χ2n) is 5.48. The van der Waals surface area contributed by atoms with Crippen LogP contribution in [0.4, 0.5) is 0 Å². The average Bonchev–Trinajstić information content (AvgIpc) is 2.77. The van der Waals surface area contributed by atoms with E-state index in [-0.39, 0.29) is 0 Å². The molecule has 0 bridgehead atoms. The van der Waals surface area contributed by atoms with E-state index < -0.39 is 0 Å². The van der Waals surface area contributed by atoms with Gasteiger partial charge in [-0.15, -0.1) is 0 Å². The van der Waals surface area contributed by atoms with E-state index in [0.29, 0.717) is 5.92 Å². The Morgan fingerprint density at radius 3 is 2.40 bits per heavy atom. The average molecular weight is 282 g/mol. The normalized spacial score (nSPS) is 11.4. The van der Waals surface area contributed by atoms with Gasteiger partial charge in [-0.05, 0) is 54.4 Å². The highest BCUT2D eigenvalue weighted by Gasteiger charge is 2.08. The summed E-state index contributed by atoms with van der Waals surface area (Å²) in [6.07, 6.45) is 0. The number of nitrogens with one attached hydrogen (secondary N) is 1.